The van der Waals surface area contributed by atoms with E-state index in [4.69, 9.17) is 0 Å². The Bertz CT molecular complexity index is 792. The predicted octanol–water partition coefficient (Wildman–Crippen LogP) is 1.94. The topological polar surface area (TPSA) is 95.2 Å². The van der Waals surface area contributed by atoms with Crippen LogP contribution in [-0.2, 0) is 14.8 Å². The van der Waals surface area contributed by atoms with Gasteiger partial charge in [-0.05, 0) is 37.1 Å². The van der Waals surface area contributed by atoms with Crippen LogP contribution in [0.3, 0.4) is 0 Å². The minimum absolute atomic E-state index is 0.189. The van der Waals surface area contributed by atoms with Crippen LogP contribution in [0.25, 0.3) is 0 Å². The Hall–Kier alpha value is -2.19. The van der Waals surface area contributed by atoms with Crippen molar-refractivity contribution < 1.29 is 13.2 Å². The van der Waals surface area contributed by atoms with E-state index in [0.717, 1.165) is 18.7 Å². The third-order valence-electron chi connectivity index (χ3n) is 4.17. The van der Waals surface area contributed by atoms with Crippen molar-refractivity contribution >= 4 is 21.6 Å². The fraction of sp³-hybridized carbons (Fsp3) is 0.375. The number of sulfonamides is 1. The molecule has 0 bridgehead atoms. The number of piperidine rings is 1. The molecule has 3 rings (SSSR count). The van der Waals surface area contributed by atoms with Gasteiger partial charge in [0.15, 0.2) is 0 Å². The van der Waals surface area contributed by atoms with Crippen LogP contribution in [0.4, 0.5) is 5.69 Å². The summed E-state index contributed by atoms with van der Waals surface area (Å²) >= 11 is 0. The number of aromatic nitrogens is 2. The first-order valence-corrected chi connectivity index (χ1v) is 9.28. The van der Waals surface area contributed by atoms with E-state index in [2.05, 4.69) is 15.3 Å². The van der Waals surface area contributed by atoms with Crippen LogP contribution >= 0.6 is 0 Å². The molecule has 1 aliphatic heterocycles. The Morgan fingerprint density at radius 1 is 1.25 bits per heavy atom. The van der Waals surface area contributed by atoms with E-state index in [-0.39, 0.29) is 16.7 Å². The molecule has 0 spiro atoms. The molecule has 1 fully saturated rings. The lowest BCUT2D eigenvalue weighted by molar-refractivity contribution is -0.114. The lowest BCUT2D eigenvalue weighted by Gasteiger charge is -2.30. The Balaban J connectivity index is 1.69. The van der Waals surface area contributed by atoms with E-state index >= 15 is 0 Å². The molecule has 0 aliphatic carbocycles. The van der Waals surface area contributed by atoms with E-state index in [1.807, 2.05) is 0 Å². The monoisotopic (exact) mass is 348 g/mol. The number of H-pyrrole nitrogens is 1. The number of rotatable bonds is 4. The summed E-state index contributed by atoms with van der Waals surface area (Å²) in [5.41, 5.74) is 0.581. The molecule has 128 valence electrons. The summed E-state index contributed by atoms with van der Waals surface area (Å²) in [7, 11) is -3.51. The molecule has 0 saturated carbocycles. The molecule has 1 amide bonds. The third kappa shape index (κ3) is 3.49. The van der Waals surface area contributed by atoms with Crippen molar-refractivity contribution in [3.63, 3.8) is 0 Å². The number of imidazole rings is 1. The van der Waals surface area contributed by atoms with E-state index < -0.39 is 10.0 Å². The second kappa shape index (κ2) is 6.74. The van der Waals surface area contributed by atoms with Gasteiger partial charge < -0.3 is 10.3 Å². The molecular formula is C16H20N4O3S. The van der Waals surface area contributed by atoms with Crippen LogP contribution in [0.15, 0.2) is 41.6 Å². The van der Waals surface area contributed by atoms with Crippen LogP contribution in [0, 0.1) is 0 Å². The van der Waals surface area contributed by atoms with E-state index in [1.54, 1.807) is 24.5 Å². The van der Waals surface area contributed by atoms with E-state index in [0.29, 0.717) is 18.8 Å². The molecule has 0 unspecified atom stereocenters. The van der Waals surface area contributed by atoms with Gasteiger partial charge in [0.1, 0.15) is 5.82 Å². The Morgan fingerprint density at radius 3 is 2.46 bits per heavy atom. The van der Waals surface area contributed by atoms with Gasteiger partial charge in [0, 0.05) is 44.0 Å². The van der Waals surface area contributed by atoms with Crippen molar-refractivity contribution in [1.82, 2.24) is 14.3 Å². The SMILES string of the molecule is CC(=O)Nc1ccc(S(=O)(=O)N2CCC(c3ncc[nH]3)CC2)cc1. The predicted molar refractivity (Wildman–Crippen MR) is 90.1 cm³/mol. The van der Waals surface area contributed by atoms with Gasteiger partial charge in [-0.2, -0.15) is 4.31 Å². The molecule has 1 aromatic carbocycles. The van der Waals surface area contributed by atoms with Crippen molar-refractivity contribution in [2.45, 2.75) is 30.6 Å². The normalized spacial score (nSPS) is 16.9. The minimum atomic E-state index is -3.51. The highest BCUT2D eigenvalue weighted by atomic mass is 32.2. The van der Waals surface area contributed by atoms with E-state index in [1.165, 1.54) is 23.4 Å². The first-order chi connectivity index (χ1) is 11.5. The zero-order chi connectivity index (χ0) is 17.2. The Kier molecular flexibility index (Phi) is 4.68. The van der Waals surface area contributed by atoms with Gasteiger partial charge in [-0.15, -0.1) is 0 Å². The Morgan fingerprint density at radius 2 is 1.92 bits per heavy atom. The summed E-state index contributed by atoms with van der Waals surface area (Å²) in [6.45, 7) is 2.36. The lowest BCUT2D eigenvalue weighted by Crippen LogP contribution is -2.38. The summed E-state index contributed by atoms with van der Waals surface area (Å²) in [6, 6.07) is 6.26. The van der Waals surface area contributed by atoms with Crippen molar-refractivity contribution in [1.29, 1.82) is 0 Å². The van der Waals surface area contributed by atoms with Crippen LogP contribution in [0.5, 0.6) is 0 Å². The molecule has 2 N–H and O–H groups in total. The molecular weight excluding hydrogens is 328 g/mol. The van der Waals surface area contributed by atoms with Gasteiger partial charge in [0.2, 0.25) is 15.9 Å². The summed E-state index contributed by atoms with van der Waals surface area (Å²) < 4.78 is 27.0. The minimum Gasteiger partial charge on any atom is -0.348 e. The van der Waals surface area contributed by atoms with Crippen LogP contribution in [-0.4, -0.2) is 41.7 Å². The smallest absolute Gasteiger partial charge is 0.243 e. The molecule has 7 nitrogen and oxygen atoms in total. The highest BCUT2D eigenvalue weighted by Gasteiger charge is 2.30. The maximum absolute atomic E-state index is 12.7. The van der Waals surface area contributed by atoms with Crippen molar-refractivity contribution in [3.05, 3.63) is 42.5 Å². The summed E-state index contributed by atoms with van der Waals surface area (Å²) in [5, 5.41) is 2.63. The number of nitrogens with zero attached hydrogens (tertiary/aromatic N) is 2. The van der Waals surface area contributed by atoms with Crippen LogP contribution in [0.2, 0.25) is 0 Å². The maximum Gasteiger partial charge on any atom is 0.243 e. The number of anilines is 1. The van der Waals surface area contributed by atoms with Gasteiger partial charge in [-0.3, -0.25) is 4.79 Å². The molecule has 0 atom stereocenters. The summed E-state index contributed by atoms with van der Waals surface area (Å²) in [4.78, 5) is 18.6. The molecule has 1 aromatic heterocycles. The average molecular weight is 348 g/mol. The van der Waals surface area contributed by atoms with Crippen LogP contribution < -0.4 is 5.32 Å². The third-order valence-corrected chi connectivity index (χ3v) is 6.09. The van der Waals surface area contributed by atoms with Gasteiger partial charge in [-0.1, -0.05) is 0 Å². The average Bonchev–Trinajstić information content (AvgIpc) is 3.09. The second-order valence-corrected chi connectivity index (χ2v) is 7.80. The number of amides is 1. The number of hydrogen-bond acceptors (Lipinski definition) is 4. The molecule has 2 heterocycles. The maximum atomic E-state index is 12.7. The number of carbonyl (C=O) groups excluding carboxylic acids is 1. The second-order valence-electron chi connectivity index (χ2n) is 5.86. The molecule has 1 saturated heterocycles. The van der Waals surface area contributed by atoms with Crippen LogP contribution in [0.1, 0.15) is 31.5 Å². The fourth-order valence-corrected chi connectivity index (χ4v) is 4.40. The highest BCUT2D eigenvalue weighted by molar-refractivity contribution is 7.89. The molecule has 2 aromatic rings. The zero-order valence-corrected chi connectivity index (χ0v) is 14.2. The standard InChI is InChI=1S/C16H20N4O3S/c1-12(21)19-14-2-4-15(5-3-14)24(22,23)20-10-6-13(7-11-20)16-17-8-9-18-16/h2-5,8-9,13H,6-7,10-11H2,1H3,(H,17,18)(H,19,21). The van der Waals surface area contributed by atoms with E-state index in [9.17, 15) is 13.2 Å². The lowest BCUT2D eigenvalue weighted by atomic mass is 9.98. The van der Waals surface area contributed by atoms with Gasteiger partial charge in [-0.25, -0.2) is 13.4 Å². The molecule has 1 aliphatic rings. The molecule has 8 heteroatoms. The summed E-state index contributed by atoms with van der Waals surface area (Å²) in [6.07, 6.45) is 5.00. The number of carbonyl (C=O) groups is 1. The fourth-order valence-electron chi connectivity index (χ4n) is 2.93. The van der Waals surface area contributed by atoms with Gasteiger partial charge in [0.05, 0.1) is 4.90 Å². The zero-order valence-electron chi connectivity index (χ0n) is 13.4. The van der Waals surface area contributed by atoms with Crippen molar-refractivity contribution in [3.8, 4) is 0 Å². The largest absolute Gasteiger partial charge is 0.348 e. The van der Waals surface area contributed by atoms with Gasteiger partial charge in [0.25, 0.3) is 0 Å². The number of aromatic amines is 1. The molecule has 0 radical (unpaired) electrons. The number of benzene rings is 1. The molecule has 24 heavy (non-hydrogen) atoms. The first kappa shape index (κ1) is 16.7. The van der Waals surface area contributed by atoms with Crippen molar-refractivity contribution in [2.24, 2.45) is 0 Å². The number of hydrogen-bond donors (Lipinski definition) is 2. The highest BCUT2D eigenvalue weighted by Crippen LogP contribution is 2.29. The Labute approximate surface area is 141 Å². The summed E-state index contributed by atoms with van der Waals surface area (Å²) in [5.74, 6) is 1.01. The quantitative estimate of drug-likeness (QED) is 0.883. The van der Waals surface area contributed by atoms with Crippen molar-refractivity contribution in [2.75, 3.05) is 18.4 Å². The number of nitrogens with one attached hydrogen (secondary N) is 2. The van der Waals surface area contributed by atoms with Gasteiger partial charge >= 0.3 is 0 Å². The first-order valence-electron chi connectivity index (χ1n) is 7.84.